The van der Waals surface area contributed by atoms with Gasteiger partial charge in [0, 0.05) is 29.8 Å². The number of rotatable bonds is 4. The van der Waals surface area contributed by atoms with E-state index in [1.54, 1.807) is 30.1 Å². The Morgan fingerprint density at radius 2 is 2.20 bits per heavy atom. The van der Waals surface area contributed by atoms with Crippen LogP contribution >= 0.6 is 23.2 Å². The Kier molecular flexibility index (Phi) is 5.67. The molecule has 0 radical (unpaired) electrons. The normalized spacial score (nSPS) is 18.8. The molecule has 0 aliphatic carbocycles. The first-order chi connectivity index (χ1) is 12.0. The Balaban J connectivity index is 1.74. The van der Waals surface area contributed by atoms with Crippen molar-refractivity contribution in [3.63, 3.8) is 0 Å². The zero-order valence-corrected chi connectivity index (χ0v) is 15.9. The van der Waals surface area contributed by atoms with Gasteiger partial charge < -0.3 is 10.2 Å². The summed E-state index contributed by atoms with van der Waals surface area (Å²) in [6.45, 7) is 3.88. The monoisotopic (exact) mass is 380 g/mol. The minimum atomic E-state index is -0.182. The molecule has 1 aliphatic heterocycles. The lowest BCUT2D eigenvalue weighted by Crippen LogP contribution is -2.33. The minimum Gasteiger partial charge on any atom is -0.333 e. The summed E-state index contributed by atoms with van der Waals surface area (Å²) >= 11 is 12.2. The van der Waals surface area contributed by atoms with Crippen molar-refractivity contribution in [3.8, 4) is 0 Å². The predicted molar refractivity (Wildman–Crippen MR) is 100 cm³/mol. The Bertz CT molecular complexity index is 755. The molecule has 2 heterocycles. The zero-order valence-electron chi connectivity index (χ0n) is 14.4. The second kappa shape index (κ2) is 7.77. The summed E-state index contributed by atoms with van der Waals surface area (Å²) in [5, 5.41) is 8.99. The Hall–Kier alpha value is -1.56. The summed E-state index contributed by atoms with van der Waals surface area (Å²) in [5.74, 6) is -0.124. The molecule has 0 spiro atoms. The van der Waals surface area contributed by atoms with Gasteiger partial charge in [0.2, 0.25) is 0 Å². The third-order valence-corrected chi connectivity index (χ3v) is 5.35. The molecule has 2 atom stereocenters. The SMILES string of the molecule is CC(c1ccc(Cl)cc1Cl)N(C)C(=O)c1ccn(C2CCCNC2)n1. The number of nitrogens with one attached hydrogen (secondary N) is 1. The second-order valence-electron chi connectivity index (χ2n) is 6.44. The number of benzene rings is 1. The highest BCUT2D eigenvalue weighted by Crippen LogP contribution is 2.29. The van der Waals surface area contributed by atoms with Gasteiger partial charge in [-0.05, 0) is 50.1 Å². The van der Waals surface area contributed by atoms with E-state index in [0.29, 0.717) is 21.8 Å². The van der Waals surface area contributed by atoms with E-state index in [-0.39, 0.29) is 11.9 Å². The molecule has 1 aromatic heterocycles. The third kappa shape index (κ3) is 4.00. The molecule has 25 heavy (non-hydrogen) atoms. The fourth-order valence-corrected chi connectivity index (χ4v) is 3.69. The van der Waals surface area contributed by atoms with Crippen LogP contribution in [0, 0.1) is 0 Å². The van der Waals surface area contributed by atoms with Gasteiger partial charge in [0.05, 0.1) is 12.1 Å². The van der Waals surface area contributed by atoms with E-state index >= 15 is 0 Å². The molecule has 2 unspecified atom stereocenters. The molecule has 3 rings (SSSR count). The van der Waals surface area contributed by atoms with Crippen molar-refractivity contribution in [3.05, 3.63) is 51.8 Å². The molecular formula is C18H22Cl2N4O. The van der Waals surface area contributed by atoms with Gasteiger partial charge in [-0.2, -0.15) is 5.10 Å². The number of halogens is 2. The largest absolute Gasteiger partial charge is 0.333 e. The zero-order chi connectivity index (χ0) is 18.0. The highest BCUT2D eigenvalue weighted by atomic mass is 35.5. The highest BCUT2D eigenvalue weighted by Gasteiger charge is 2.24. The minimum absolute atomic E-state index is 0.124. The van der Waals surface area contributed by atoms with Crippen LogP contribution in [0.4, 0.5) is 0 Å². The van der Waals surface area contributed by atoms with Gasteiger partial charge in [-0.3, -0.25) is 9.48 Å². The number of amides is 1. The highest BCUT2D eigenvalue weighted by molar-refractivity contribution is 6.35. The molecule has 1 fully saturated rings. The maximum absolute atomic E-state index is 12.8. The lowest BCUT2D eigenvalue weighted by Gasteiger charge is -2.26. The van der Waals surface area contributed by atoms with Crippen molar-refractivity contribution < 1.29 is 4.79 Å². The molecule has 134 valence electrons. The van der Waals surface area contributed by atoms with Crippen LogP contribution in [0.25, 0.3) is 0 Å². The first kappa shape index (κ1) is 18.2. The molecule has 2 aromatic rings. The van der Waals surface area contributed by atoms with E-state index < -0.39 is 0 Å². The maximum atomic E-state index is 12.8. The second-order valence-corrected chi connectivity index (χ2v) is 7.28. The summed E-state index contributed by atoms with van der Waals surface area (Å²) in [5.41, 5.74) is 1.31. The number of aromatic nitrogens is 2. The Morgan fingerprint density at radius 3 is 2.88 bits per heavy atom. The fraction of sp³-hybridized carbons (Fsp3) is 0.444. The molecule has 1 saturated heterocycles. The quantitative estimate of drug-likeness (QED) is 0.873. The van der Waals surface area contributed by atoms with Crippen LogP contribution in [0.1, 0.15) is 47.9 Å². The Morgan fingerprint density at radius 1 is 1.40 bits per heavy atom. The summed E-state index contributed by atoms with van der Waals surface area (Å²) < 4.78 is 1.90. The van der Waals surface area contributed by atoms with Crippen molar-refractivity contribution in [2.45, 2.75) is 31.8 Å². The maximum Gasteiger partial charge on any atom is 0.274 e. The van der Waals surface area contributed by atoms with E-state index in [0.717, 1.165) is 31.5 Å². The van der Waals surface area contributed by atoms with Gasteiger partial charge >= 0.3 is 0 Å². The van der Waals surface area contributed by atoms with Crippen LogP contribution in [0.15, 0.2) is 30.5 Å². The molecule has 5 nitrogen and oxygen atoms in total. The molecule has 1 amide bonds. The van der Waals surface area contributed by atoms with E-state index in [1.807, 2.05) is 23.9 Å². The van der Waals surface area contributed by atoms with Crippen LogP contribution in [0.3, 0.4) is 0 Å². The summed E-state index contributed by atoms with van der Waals surface area (Å²) in [6.07, 6.45) is 4.09. The number of hydrogen-bond acceptors (Lipinski definition) is 3. The lowest BCUT2D eigenvalue weighted by atomic mass is 10.1. The topological polar surface area (TPSA) is 50.2 Å². The van der Waals surface area contributed by atoms with E-state index in [4.69, 9.17) is 23.2 Å². The van der Waals surface area contributed by atoms with Crippen molar-refractivity contribution in [2.75, 3.05) is 20.1 Å². The van der Waals surface area contributed by atoms with Crippen LogP contribution in [-0.2, 0) is 0 Å². The van der Waals surface area contributed by atoms with Crippen LogP contribution < -0.4 is 5.32 Å². The number of piperidine rings is 1. The molecule has 0 saturated carbocycles. The summed E-state index contributed by atoms with van der Waals surface area (Å²) in [6, 6.07) is 7.23. The third-order valence-electron chi connectivity index (χ3n) is 4.79. The first-order valence-corrected chi connectivity index (χ1v) is 9.21. The Labute approximate surface area is 157 Å². The molecule has 1 aromatic carbocycles. The molecule has 1 N–H and O–H groups in total. The molecule has 0 bridgehead atoms. The summed E-state index contributed by atoms with van der Waals surface area (Å²) in [4.78, 5) is 14.5. The molecule has 7 heteroatoms. The molecule has 1 aliphatic rings. The average molecular weight is 381 g/mol. The number of carbonyl (C=O) groups is 1. The average Bonchev–Trinajstić information content (AvgIpc) is 3.11. The van der Waals surface area contributed by atoms with Crippen molar-refractivity contribution in [1.29, 1.82) is 0 Å². The smallest absolute Gasteiger partial charge is 0.274 e. The van der Waals surface area contributed by atoms with Crippen LogP contribution in [-0.4, -0.2) is 40.7 Å². The number of hydrogen-bond donors (Lipinski definition) is 1. The van der Waals surface area contributed by atoms with E-state index in [2.05, 4.69) is 10.4 Å². The van der Waals surface area contributed by atoms with Crippen molar-refractivity contribution in [1.82, 2.24) is 20.0 Å². The number of nitrogens with zero attached hydrogens (tertiary/aromatic N) is 3. The van der Waals surface area contributed by atoms with Gasteiger partial charge in [0.25, 0.3) is 5.91 Å². The van der Waals surface area contributed by atoms with Gasteiger partial charge in [-0.1, -0.05) is 29.3 Å². The first-order valence-electron chi connectivity index (χ1n) is 8.45. The van der Waals surface area contributed by atoms with E-state index in [1.165, 1.54) is 0 Å². The van der Waals surface area contributed by atoms with E-state index in [9.17, 15) is 4.79 Å². The lowest BCUT2D eigenvalue weighted by molar-refractivity contribution is 0.0735. The standard InChI is InChI=1S/C18H22Cl2N4O/c1-12(15-6-5-13(19)10-16(15)20)23(2)18(25)17-7-9-24(22-17)14-4-3-8-21-11-14/h5-7,9-10,12,14,21H,3-4,8,11H2,1-2H3. The van der Waals surface area contributed by atoms with Gasteiger partial charge in [0.1, 0.15) is 5.69 Å². The van der Waals surface area contributed by atoms with Gasteiger partial charge in [0.15, 0.2) is 0 Å². The van der Waals surface area contributed by atoms with Crippen LogP contribution in [0.5, 0.6) is 0 Å². The van der Waals surface area contributed by atoms with Crippen molar-refractivity contribution >= 4 is 29.1 Å². The predicted octanol–water partition coefficient (Wildman–Crippen LogP) is 3.95. The van der Waals surface area contributed by atoms with Gasteiger partial charge in [-0.25, -0.2) is 0 Å². The fourth-order valence-electron chi connectivity index (χ4n) is 3.12. The van der Waals surface area contributed by atoms with Crippen molar-refractivity contribution in [2.24, 2.45) is 0 Å². The summed E-state index contributed by atoms with van der Waals surface area (Å²) in [7, 11) is 1.76. The molecular weight excluding hydrogens is 359 g/mol. The number of carbonyl (C=O) groups excluding carboxylic acids is 1. The van der Waals surface area contributed by atoms with Gasteiger partial charge in [-0.15, -0.1) is 0 Å². The van der Waals surface area contributed by atoms with Crippen LogP contribution in [0.2, 0.25) is 10.0 Å².